The molecule has 0 fully saturated rings. The third-order valence-electron chi connectivity index (χ3n) is 9.29. The number of nitrogens with zero attached hydrogens (tertiary/aromatic N) is 4. The molecule has 0 aliphatic heterocycles. The lowest BCUT2D eigenvalue weighted by Gasteiger charge is -2.33. The fourth-order valence-corrected chi connectivity index (χ4v) is 8.54. The largest absolute Gasteiger partial charge is 0.322 e. The van der Waals surface area contributed by atoms with Gasteiger partial charge >= 0.3 is 0 Å². The molecule has 4 aromatic carbocycles. The van der Waals surface area contributed by atoms with Gasteiger partial charge in [0.1, 0.15) is 5.00 Å². The highest BCUT2D eigenvalue weighted by atomic mass is 32.2. The van der Waals surface area contributed by atoms with Crippen LogP contribution in [0.4, 0.5) is 16.4 Å². The monoisotopic (exact) mass is 723 g/mol. The molecule has 6 aromatic rings. The number of benzene rings is 4. The van der Waals surface area contributed by atoms with Gasteiger partial charge in [0.15, 0.2) is 5.16 Å². The van der Waals surface area contributed by atoms with Crippen molar-refractivity contribution >= 4 is 51.6 Å². The Morgan fingerprint density at radius 1 is 0.904 bits per heavy atom. The molecular formula is C42H37N5O3S2. The van der Waals surface area contributed by atoms with Crippen LogP contribution in [0.5, 0.6) is 0 Å². The maximum absolute atomic E-state index is 13.8. The number of thiophene rings is 1. The molecular weight excluding hydrogens is 687 g/mol. The minimum Gasteiger partial charge on any atom is -0.322 e. The fraction of sp³-hybridized carbons (Fsp3) is 0.190. The third kappa shape index (κ3) is 7.88. The third-order valence-corrected chi connectivity index (χ3v) is 11.4. The molecule has 2 aromatic heterocycles. The number of carbonyl (C=O) groups excluding carboxylic acids is 1. The van der Waals surface area contributed by atoms with Crippen molar-refractivity contribution in [3.63, 3.8) is 0 Å². The Balaban J connectivity index is 1.21. The molecule has 2 heterocycles. The van der Waals surface area contributed by atoms with Crippen molar-refractivity contribution in [2.45, 2.75) is 50.1 Å². The van der Waals surface area contributed by atoms with Gasteiger partial charge in [-0.05, 0) is 77.7 Å². The molecule has 0 saturated carbocycles. The Kier molecular flexibility index (Phi) is 10.1. The van der Waals surface area contributed by atoms with Gasteiger partial charge in [0, 0.05) is 34.0 Å². The van der Waals surface area contributed by atoms with Crippen LogP contribution in [0.2, 0.25) is 0 Å². The van der Waals surface area contributed by atoms with E-state index in [2.05, 4.69) is 26.1 Å². The minimum absolute atomic E-state index is 0.0792. The summed E-state index contributed by atoms with van der Waals surface area (Å²) >= 11 is 2.69. The van der Waals surface area contributed by atoms with E-state index < -0.39 is 4.92 Å². The summed E-state index contributed by atoms with van der Waals surface area (Å²) in [7, 11) is 0. The number of fused-ring (bicyclic) bond motifs is 1. The summed E-state index contributed by atoms with van der Waals surface area (Å²) in [5.74, 6) is 0.296. The number of aliphatic imine (C=N–C) groups is 1. The van der Waals surface area contributed by atoms with Crippen LogP contribution >= 0.6 is 23.1 Å². The van der Waals surface area contributed by atoms with Gasteiger partial charge in [-0.2, -0.15) is 0 Å². The van der Waals surface area contributed by atoms with Crippen LogP contribution in [0.3, 0.4) is 0 Å². The van der Waals surface area contributed by atoms with Crippen LogP contribution in [0.15, 0.2) is 130 Å². The molecule has 10 heteroatoms. The summed E-state index contributed by atoms with van der Waals surface area (Å²) in [6, 6.07) is 35.9. The van der Waals surface area contributed by atoms with Crippen LogP contribution in [0.1, 0.15) is 53.6 Å². The Morgan fingerprint density at radius 2 is 1.52 bits per heavy atom. The molecule has 1 amide bonds. The number of hydrogen-bond acceptors (Lipinski definition) is 8. The molecule has 1 aliphatic rings. The zero-order valence-electron chi connectivity index (χ0n) is 29.1. The number of para-hydroxylation sites is 1. The number of aromatic nitrogens is 2. The average Bonchev–Trinajstić information content (AvgIpc) is 3.53. The molecule has 1 N–H and O–H groups in total. The Labute approximate surface area is 311 Å². The zero-order chi connectivity index (χ0) is 36.2. The second kappa shape index (κ2) is 15.0. The normalized spacial score (nSPS) is 14.2. The number of nitro benzene ring substituents is 1. The first-order chi connectivity index (χ1) is 25.1. The molecule has 0 spiro atoms. The summed E-state index contributed by atoms with van der Waals surface area (Å²) < 4.78 is 0. The first-order valence-corrected chi connectivity index (χ1v) is 18.8. The lowest BCUT2D eigenvalue weighted by molar-refractivity contribution is -0.387. The number of rotatable bonds is 9. The van der Waals surface area contributed by atoms with Gasteiger partial charge < -0.3 is 5.32 Å². The van der Waals surface area contributed by atoms with Crippen molar-refractivity contribution in [1.29, 1.82) is 0 Å². The first kappa shape index (κ1) is 35.0. The quantitative estimate of drug-likeness (QED) is 0.0688. The van der Waals surface area contributed by atoms with Crippen LogP contribution in [0, 0.1) is 21.4 Å². The summed E-state index contributed by atoms with van der Waals surface area (Å²) in [6.45, 7) is 6.80. The average molecular weight is 724 g/mol. The summed E-state index contributed by atoms with van der Waals surface area (Å²) in [6.07, 6.45) is 4.30. The van der Waals surface area contributed by atoms with Crippen molar-refractivity contribution < 1.29 is 9.72 Å². The van der Waals surface area contributed by atoms with Crippen molar-refractivity contribution in [1.82, 2.24) is 9.97 Å². The topological polar surface area (TPSA) is 110 Å². The van der Waals surface area contributed by atoms with E-state index in [4.69, 9.17) is 15.0 Å². The van der Waals surface area contributed by atoms with E-state index >= 15 is 0 Å². The van der Waals surface area contributed by atoms with Crippen LogP contribution in [-0.2, 0) is 12.8 Å². The summed E-state index contributed by atoms with van der Waals surface area (Å²) in [5, 5.41) is 16.5. The predicted octanol–water partition coefficient (Wildman–Crippen LogP) is 11.1. The summed E-state index contributed by atoms with van der Waals surface area (Å²) in [5.41, 5.74) is 6.26. The van der Waals surface area contributed by atoms with Gasteiger partial charge in [-0.15, -0.1) is 11.3 Å². The van der Waals surface area contributed by atoms with Gasteiger partial charge in [0.05, 0.1) is 26.8 Å². The lowest BCUT2D eigenvalue weighted by Crippen LogP contribution is -2.27. The van der Waals surface area contributed by atoms with Gasteiger partial charge in [-0.3, -0.25) is 14.9 Å². The van der Waals surface area contributed by atoms with E-state index in [1.807, 2.05) is 97.1 Å². The fourth-order valence-electron chi connectivity index (χ4n) is 6.41. The lowest BCUT2D eigenvalue weighted by atomic mass is 9.72. The molecule has 0 unspecified atom stereocenters. The second-order valence-electron chi connectivity index (χ2n) is 13.8. The van der Waals surface area contributed by atoms with Gasteiger partial charge in [-0.25, -0.2) is 15.0 Å². The van der Waals surface area contributed by atoms with Crippen molar-refractivity contribution in [3.8, 4) is 22.5 Å². The van der Waals surface area contributed by atoms with Crippen LogP contribution < -0.4 is 5.32 Å². The Hall–Kier alpha value is -5.45. The number of hydrogen-bond donors (Lipinski definition) is 1. The smallest absolute Gasteiger partial charge is 0.283 e. The van der Waals surface area contributed by atoms with E-state index in [1.54, 1.807) is 29.7 Å². The molecule has 260 valence electrons. The second-order valence-corrected chi connectivity index (χ2v) is 15.9. The van der Waals surface area contributed by atoms with Gasteiger partial charge in [0.2, 0.25) is 0 Å². The SMILES string of the molecule is CC(C)(C)[C@@H]1CCc2c(sc(N=Cc3ccc(Sc4nc(-c5ccccc5)cc(-c5ccccc5)n4)c([N+](=O)[O-])c3)c2C(=O)Nc2ccccc2)C1. The van der Waals surface area contributed by atoms with E-state index in [9.17, 15) is 14.9 Å². The van der Waals surface area contributed by atoms with Gasteiger partial charge in [0.25, 0.3) is 11.6 Å². The number of nitro groups is 1. The first-order valence-electron chi connectivity index (χ1n) is 17.1. The maximum atomic E-state index is 13.8. The Morgan fingerprint density at radius 3 is 2.12 bits per heavy atom. The molecule has 0 radical (unpaired) electrons. The van der Waals surface area contributed by atoms with Crippen molar-refractivity contribution in [3.05, 3.63) is 147 Å². The molecule has 7 rings (SSSR count). The molecule has 8 nitrogen and oxygen atoms in total. The molecule has 52 heavy (non-hydrogen) atoms. The Bertz CT molecular complexity index is 2210. The predicted molar refractivity (Wildman–Crippen MR) is 211 cm³/mol. The molecule has 0 saturated heterocycles. The highest BCUT2D eigenvalue weighted by molar-refractivity contribution is 7.99. The number of amides is 1. The standard InChI is InChI=1S/C42H37N5O3S2/c1-42(2,3)30-20-21-32-37(24-30)51-40(38(32)39(48)44-31-17-11-6-12-18-31)43-26-27-19-22-36(35(23-27)47(49)50)52-41-45-33(28-13-7-4-8-14-28)25-34(46-41)29-15-9-5-10-16-29/h4-19,22-23,25-26,30H,20-21,24H2,1-3H3,(H,44,48)/t30-/m1/s1. The molecule has 0 bridgehead atoms. The summed E-state index contributed by atoms with van der Waals surface area (Å²) in [4.78, 5) is 41.8. The van der Waals surface area contributed by atoms with E-state index in [-0.39, 0.29) is 17.0 Å². The van der Waals surface area contributed by atoms with Gasteiger partial charge in [-0.1, -0.05) is 106 Å². The zero-order valence-corrected chi connectivity index (χ0v) is 30.7. The van der Waals surface area contributed by atoms with E-state index in [1.165, 1.54) is 10.9 Å². The van der Waals surface area contributed by atoms with Crippen molar-refractivity contribution in [2.75, 3.05) is 5.32 Å². The number of carbonyl (C=O) groups is 1. The van der Waals surface area contributed by atoms with E-state index in [0.29, 0.717) is 37.8 Å². The molecule has 1 atom stereocenters. The van der Waals surface area contributed by atoms with E-state index in [0.717, 1.165) is 59.1 Å². The maximum Gasteiger partial charge on any atom is 0.283 e. The van der Waals surface area contributed by atoms with Crippen molar-refractivity contribution in [2.24, 2.45) is 16.3 Å². The number of anilines is 1. The van der Waals surface area contributed by atoms with Crippen LogP contribution in [-0.4, -0.2) is 27.0 Å². The molecule has 1 aliphatic carbocycles. The highest BCUT2D eigenvalue weighted by Crippen LogP contribution is 2.45. The van der Waals surface area contributed by atoms with Crippen LogP contribution in [0.25, 0.3) is 22.5 Å². The number of nitrogens with one attached hydrogen (secondary N) is 1. The minimum atomic E-state index is -0.395. The highest BCUT2D eigenvalue weighted by Gasteiger charge is 2.34.